The van der Waals surface area contributed by atoms with Crippen molar-refractivity contribution < 1.29 is 14.0 Å². The number of benzene rings is 1. The Bertz CT molecular complexity index is 293. The molecule has 3 nitrogen and oxygen atoms in total. The molecule has 0 aliphatic heterocycles. The van der Waals surface area contributed by atoms with Gasteiger partial charge in [0.25, 0.3) is 0 Å². The highest BCUT2D eigenvalue weighted by Crippen LogP contribution is 2.21. The standard InChI is InChI=1S/C9H11BrFNO2/c1-13-4-6-2-8(10)3-7(5-14-12)9(6)11/h2-3H,4-5,12H2,1H3. The summed E-state index contributed by atoms with van der Waals surface area (Å²) >= 11 is 3.27. The molecule has 14 heavy (non-hydrogen) atoms. The van der Waals surface area contributed by atoms with E-state index in [9.17, 15) is 4.39 Å². The van der Waals surface area contributed by atoms with Gasteiger partial charge in [0.15, 0.2) is 0 Å². The molecule has 5 heteroatoms. The fourth-order valence-corrected chi connectivity index (χ4v) is 1.72. The quantitative estimate of drug-likeness (QED) is 0.847. The van der Waals surface area contributed by atoms with Gasteiger partial charge in [-0.05, 0) is 12.1 Å². The van der Waals surface area contributed by atoms with Crippen molar-refractivity contribution in [1.29, 1.82) is 0 Å². The Balaban J connectivity index is 3.04. The van der Waals surface area contributed by atoms with Gasteiger partial charge in [-0.1, -0.05) is 15.9 Å². The lowest BCUT2D eigenvalue weighted by atomic mass is 10.1. The molecule has 0 aliphatic carbocycles. The third kappa shape index (κ3) is 2.75. The lowest BCUT2D eigenvalue weighted by molar-refractivity contribution is 0.120. The Labute approximate surface area is 90.1 Å². The van der Waals surface area contributed by atoms with E-state index in [-0.39, 0.29) is 19.0 Å². The molecule has 1 aromatic carbocycles. The maximum atomic E-state index is 13.6. The highest BCUT2D eigenvalue weighted by atomic mass is 79.9. The first kappa shape index (κ1) is 11.6. The maximum Gasteiger partial charge on any atom is 0.134 e. The van der Waals surface area contributed by atoms with E-state index < -0.39 is 0 Å². The zero-order chi connectivity index (χ0) is 10.6. The first-order valence-corrected chi connectivity index (χ1v) is 4.75. The van der Waals surface area contributed by atoms with Crippen LogP contribution in [0.4, 0.5) is 4.39 Å². The average molecular weight is 264 g/mol. The van der Waals surface area contributed by atoms with Gasteiger partial charge < -0.3 is 4.74 Å². The van der Waals surface area contributed by atoms with Crippen LogP contribution in [0.1, 0.15) is 11.1 Å². The minimum Gasteiger partial charge on any atom is -0.380 e. The zero-order valence-electron chi connectivity index (χ0n) is 7.72. The smallest absolute Gasteiger partial charge is 0.134 e. The van der Waals surface area contributed by atoms with Gasteiger partial charge >= 0.3 is 0 Å². The number of methoxy groups -OCH3 is 1. The predicted molar refractivity (Wildman–Crippen MR) is 53.8 cm³/mol. The van der Waals surface area contributed by atoms with Gasteiger partial charge in [-0.3, -0.25) is 4.84 Å². The molecule has 0 saturated carbocycles. The molecule has 0 aliphatic rings. The SMILES string of the molecule is COCc1cc(Br)cc(CON)c1F. The third-order valence-electron chi connectivity index (χ3n) is 1.73. The summed E-state index contributed by atoms with van der Waals surface area (Å²) in [6.07, 6.45) is 0. The van der Waals surface area contributed by atoms with Crippen molar-refractivity contribution in [3.63, 3.8) is 0 Å². The second-order valence-electron chi connectivity index (χ2n) is 2.78. The van der Waals surface area contributed by atoms with Crippen molar-refractivity contribution in [3.8, 4) is 0 Å². The van der Waals surface area contributed by atoms with Gasteiger partial charge in [0, 0.05) is 22.7 Å². The number of nitrogens with two attached hydrogens (primary N) is 1. The van der Waals surface area contributed by atoms with Crippen LogP contribution in [0.3, 0.4) is 0 Å². The van der Waals surface area contributed by atoms with Crippen LogP contribution in [0.25, 0.3) is 0 Å². The van der Waals surface area contributed by atoms with Gasteiger partial charge in [0.2, 0.25) is 0 Å². The van der Waals surface area contributed by atoms with Gasteiger partial charge in [0.1, 0.15) is 5.82 Å². The van der Waals surface area contributed by atoms with Crippen molar-refractivity contribution >= 4 is 15.9 Å². The Morgan fingerprint density at radius 1 is 1.36 bits per heavy atom. The molecular weight excluding hydrogens is 253 g/mol. The van der Waals surface area contributed by atoms with E-state index in [1.165, 1.54) is 7.11 Å². The Morgan fingerprint density at radius 2 is 1.93 bits per heavy atom. The summed E-state index contributed by atoms with van der Waals surface area (Å²) in [6, 6.07) is 3.29. The second kappa shape index (κ2) is 5.41. The number of halogens is 2. The molecule has 78 valence electrons. The van der Waals surface area contributed by atoms with E-state index in [4.69, 9.17) is 10.6 Å². The van der Waals surface area contributed by atoms with Crippen LogP contribution in [0.5, 0.6) is 0 Å². The molecular formula is C9H11BrFNO2. The van der Waals surface area contributed by atoms with Crippen LogP contribution in [0.15, 0.2) is 16.6 Å². The molecule has 1 rings (SSSR count). The van der Waals surface area contributed by atoms with Gasteiger partial charge in [-0.25, -0.2) is 10.3 Å². The van der Waals surface area contributed by atoms with Gasteiger partial charge in [0.05, 0.1) is 13.2 Å². The third-order valence-corrected chi connectivity index (χ3v) is 2.18. The molecule has 0 aromatic heterocycles. The summed E-state index contributed by atoms with van der Waals surface area (Å²) < 4.78 is 19.2. The largest absolute Gasteiger partial charge is 0.380 e. The van der Waals surface area contributed by atoms with Crippen LogP contribution in [-0.2, 0) is 22.8 Å². The number of hydrogen-bond donors (Lipinski definition) is 1. The van der Waals surface area contributed by atoms with E-state index in [2.05, 4.69) is 20.8 Å². The topological polar surface area (TPSA) is 44.5 Å². The highest BCUT2D eigenvalue weighted by Gasteiger charge is 2.09. The van der Waals surface area contributed by atoms with Crippen LogP contribution in [0, 0.1) is 5.82 Å². The minimum absolute atomic E-state index is 0.0436. The minimum atomic E-state index is -0.333. The fraction of sp³-hybridized carbons (Fsp3) is 0.333. The first-order valence-electron chi connectivity index (χ1n) is 3.96. The number of hydrogen-bond acceptors (Lipinski definition) is 3. The van der Waals surface area contributed by atoms with E-state index in [1.54, 1.807) is 12.1 Å². The normalized spacial score (nSPS) is 10.6. The Kier molecular flexibility index (Phi) is 4.47. The van der Waals surface area contributed by atoms with Crippen molar-refractivity contribution in [2.45, 2.75) is 13.2 Å². The highest BCUT2D eigenvalue weighted by molar-refractivity contribution is 9.10. The van der Waals surface area contributed by atoms with Crippen molar-refractivity contribution in [2.75, 3.05) is 7.11 Å². The van der Waals surface area contributed by atoms with E-state index in [1.807, 2.05) is 0 Å². The van der Waals surface area contributed by atoms with Gasteiger partial charge in [-0.2, -0.15) is 0 Å². The number of rotatable bonds is 4. The predicted octanol–water partition coefficient (Wildman–Crippen LogP) is 2.12. The molecule has 0 bridgehead atoms. The van der Waals surface area contributed by atoms with Gasteiger partial charge in [-0.15, -0.1) is 0 Å². The Hall–Kier alpha value is -0.490. The fourth-order valence-electron chi connectivity index (χ4n) is 1.16. The molecule has 0 heterocycles. The average Bonchev–Trinajstić information content (AvgIpc) is 2.14. The summed E-state index contributed by atoms with van der Waals surface area (Å²) in [5, 5.41) is 0. The summed E-state index contributed by atoms with van der Waals surface area (Å²) in [6.45, 7) is 0.269. The molecule has 1 aromatic rings. The monoisotopic (exact) mass is 263 g/mol. The summed E-state index contributed by atoms with van der Waals surface area (Å²) in [5.41, 5.74) is 0.892. The van der Waals surface area contributed by atoms with E-state index in [0.29, 0.717) is 11.1 Å². The molecule has 2 N–H and O–H groups in total. The van der Waals surface area contributed by atoms with E-state index in [0.717, 1.165) is 4.47 Å². The van der Waals surface area contributed by atoms with Crippen LogP contribution < -0.4 is 5.90 Å². The molecule has 0 radical (unpaired) electrons. The zero-order valence-corrected chi connectivity index (χ0v) is 9.30. The second-order valence-corrected chi connectivity index (χ2v) is 3.70. The number of ether oxygens (including phenoxy) is 1. The Morgan fingerprint density at radius 3 is 2.43 bits per heavy atom. The summed E-state index contributed by atoms with van der Waals surface area (Å²) in [5.74, 6) is 4.56. The maximum absolute atomic E-state index is 13.6. The molecule has 0 atom stereocenters. The summed E-state index contributed by atoms with van der Waals surface area (Å²) in [4.78, 5) is 4.40. The summed E-state index contributed by atoms with van der Waals surface area (Å²) in [7, 11) is 1.51. The molecule has 0 spiro atoms. The molecule has 0 fully saturated rings. The van der Waals surface area contributed by atoms with Crippen LogP contribution >= 0.6 is 15.9 Å². The van der Waals surface area contributed by atoms with Crippen LogP contribution in [0.2, 0.25) is 0 Å². The molecule has 0 amide bonds. The van der Waals surface area contributed by atoms with Crippen molar-refractivity contribution in [2.24, 2.45) is 5.90 Å². The molecule has 0 unspecified atom stereocenters. The lowest BCUT2D eigenvalue weighted by Crippen LogP contribution is -2.04. The van der Waals surface area contributed by atoms with Crippen molar-refractivity contribution in [3.05, 3.63) is 33.5 Å². The lowest BCUT2D eigenvalue weighted by Gasteiger charge is -2.07. The first-order chi connectivity index (χ1) is 6.69. The van der Waals surface area contributed by atoms with E-state index >= 15 is 0 Å². The van der Waals surface area contributed by atoms with Crippen LogP contribution in [-0.4, -0.2) is 7.11 Å². The molecule has 0 saturated heterocycles. The van der Waals surface area contributed by atoms with Crippen molar-refractivity contribution in [1.82, 2.24) is 0 Å².